The number of aromatic nitrogens is 1. The van der Waals surface area contributed by atoms with Crippen molar-refractivity contribution in [1.82, 2.24) is 4.98 Å². The standard InChI is InChI=1S/C20H17NO3S/c22-18(17-12-7-13-21-17)14-24-20(23)19(15-8-3-1-4-9-15)25-16-10-5-2-6-11-16/h1-13,19,21H,14H2/t19-/m1/s1. The van der Waals surface area contributed by atoms with E-state index in [9.17, 15) is 9.59 Å². The van der Waals surface area contributed by atoms with Gasteiger partial charge in [0.2, 0.25) is 5.78 Å². The van der Waals surface area contributed by atoms with Crippen LogP contribution in [0.2, 0.25) is 0 Å². The topological polar surface area (TPSA) is 59.2 Å². The molecule has 1 heterocycles. The molecule has 126 valence electrons. The second kappa shape index (κ2) is 8.35. The molecule has 5 heteroatoms. The lowest BCUT2D eigenvalue weighted by Crippen LogP contribution is -2.18. The molecule has 1 atom stereocenters. The van der Waals surface area contributed by atoms with Crippen LogP contribution < -0.4 is 0 Å². The van der Waals surface area contributed by atoms with Crippen LogP contribution in [0.4, 0.5) is 0 Å². The zero-order valence-electron chi connectivity index (χ0n) is 13.4. The lowest BCUT2D eigenvalue weighted by molar-refractivity contribution is -0.142. The van der Waals surface area contributed by atoms with Gasteiger partial charge in [-0.05, 0) is 29.8 Å². The van der Waals surface area contributed by atoms with Crippen molar-refractivity contribution in [1.29, 1.82) is 0 Å². The largest absolute Gasteiger partial charge is 0.456 e. The van der Waals surface area contributed by atoms with Gasteiger partial charge < -0.3 is 9.72 Å². The number of ether oxygens (including phenoxy) is 1. The van der Waals surface area contributed by atoms with Crippen molar-refractivity contribution in [2.24, 2.45) is 0 Å². The molecule has 0 aliphatic heterocycles. The van der Waals surface area contributed by atoms with Crippen molar-refractivity contribution < 1.29 is 14.3 Å². The molecule has 0 fully saturated rings. The van der Waals surface area contributed by atoms with E-state index in [0.717, 1.165) is 10.5 Å². The van der Waals surface area contributed by atoms with Gasteiger partial charge in [0.05, 0.1) is 5.69 Å². The predicted molar refractivity (Wildman–Crippen MR) is 97.6 cm³/mol. The molecule has 0 amide bonds. The Hall–Kier alpha value is -2.79. The molecule has 25 heavy (non-hydrogen) atoms. The summed E-state index contributed by atoms with van der Waals surface area (Å²) in [6, 6.07) is 22.5. The first-order valence-corrected chi connectivity index (χ1v) is 8.72. The van der Waals surface area contributed by atoms with E-state index in [-0.39, 0.29) is 12.4 Å². The summed E-state index contributed by atoms with van der Waals surface area (Å²) >= 11 is 1.41. The maximum atomic E-state index is 12.6. The van der Waals surface area contributed by atoms with Crippen LogP contribution in [0.25, 0.3) is 0 Å². The van der Waals surface area contributed by atoms with Crippen LogP contribution in [0.1, 0.15) is 21.3 Å². The monoisotopic (exact) mass is 351 g/mol. The van der Waals surface area contributed by atoms with Crippen LogP contribution in [-0.4, -0.2) is 23.3 Å². The number of H-pyrrole nitrogens is 1. The number of esters is 1. The number of carbonyl (C=O) groups excluding carboxylic acids is 2. The van der Waals surface area contributed by atoms with E-state index in [1.54, 1.807) is 18.3 Å². The maximum Gasteiger partial charge on any atom is 0.324 e. The molecule has 0 radical (unpaired) electrons. The molecule has 0 spiro atoms. The molecule has 3 rings (SSSR count). The van der Waals surface area contributed by atoms with Gasteiger partial charge in [-0.3, -0.25) is 9.59 Å². The number of hydrogen-bond acceptors (Lipinski definition) is 4. The lowest BCUT2D eigenvalue weighted by atomic mass is 10.1. The molecular formula is C20H17NO3S. The Balaban J connectivity index is 1.72. The Morgan fingerprint density at radius 3 is 2.24 bits per heavy atom. The van der Waals surface area contributed by atoms with E-state index in [0.29, 0.717) is 5.69 Å². The molecule has 0 aliphatic carbocycles. The summed E-state index contributed by atoms with van der Waals surface area (Å²) in [6.45, 7) is -0.280. The van der Waals surface area contributed by atoms with Crippen molar-refractivity contribution >= 4 is 23.5 Å². The van der Waals surface area contributed by atoms with Gasteiger partial charge in [0.25, 0.3) is 0 Å². The van der Waals surface area contributed by atoms with Gasteiger partial charge in [-0.15, -0.1) is 11.8 Å². The van der Waals surface area contributed by atoms with Crippen LogP contribution in [0.15, 0.2) is 83.9 Å². The molecule has 3 aromatic rings. The predicted octanol–water partition coefficient (Wildman–Crippen LogP) is 4.27. The minimum atomic E-state index is -0.528. The third-order valence-electron chi connectivity index (χ3n) is 3.56. The highest BCUT2D eigenvalue weighted by molar-refractivity contribution is 8.00. The van der Waals surface area contributed by atoms with E-state index >= 15 is 0 Å². The first-order chi connectivity index (χ1) is 12.2. The average Bonchev–Trinajstić information content (AvgIpc) is 3.20. The summed E-state index contributed by atoms with van der Waals surface area (Å²) in [6.07, 6.45) is 1.66. The highest BCUT2D eigenvalue weighted by atomic mass is 32.2. The number of benzene rings is 2. The Morgan fingerprint density at radius 2 is 1.60 bits per heavy atom. The summed E-state index contributed by atoms with van der Waals surface area (Å²) in [5.74, 6) is -0.685. The first-order valence-electron chi connectivity index (χ1n) is 7.84. The minimum Gasteiger partial charge on any atom is -0.456 e. The third-order valence-corrected chi connectivity index (χ3v) is 4.80. The molecule has 4 nitrogen and oxygen atoms in total. The van der Waals surface area contributed by atoms with Crippen molar-refractivity contribution in [3.8, 4) is 0 Å². The van der Waals surface area contributed by atoms with Crippen LogP contribution in [0.5, 0.6) is 0 Å². The zero-order chi connectivity index (χ0) is 17.5. The van der Waals surface area contributed by atoms with Crippen molar-refractivity contribution in [3.63, 3.8) is 0 Å². The summed E-state index contributed by atoms with van der Waals surface area (Å²) < 4.78 is 5.29. The number of thioether (sulfide) groups is 1. The fourth-order valence-corrected chi connectivity index (χ4v) is 3.35. The van der Waals surface area contributed by atoms with Crippen LogP contribution in [0.3, 0.4) is 0 Å². The quantitative estimate of drug-likeness (QED) is 0.392. The average molecular weight is 351 g/mol. The smallest absolute Gasteiger partial charge is 0.324 e. The highest BCUT2D eigenvalue weighted by Gasteiger charge is 2.24. The Labute approximate surface area is 150 Å². The van der Waals surface area contributed by atoms with Crippen LogP contribution in [0, 0.1) is 0 Å². The first kappa shape index (κ1) is 17.0. The van der Waals surface area contributed by atoms with Crippen LogP contribution in [-0.2, 0) is 9.53 Å². The van der Waals surface area contributed by atoms with E-state index in [1.165, 1.54) is 11.8 Å². The summed E-state index contributed by atoms with van der Waals surface area (Å²) in [7, 11) is 0. The Bertz CT molecular complexity index is 817. The SMILES string of the molecule is O=C(COC(=O)[C@H](Sc1ccccc1)c1ccccc1)c1ccc[nH]1. The lowest BCUT2D eigenvalue weighted by Gasteiger charge is -2.16. The summed E-state index contributed by atoms with van der Waals surface area (Å²) in [5.41, 5.74) is 1.27. The van der Waals surface area contributed by atoms with Gasteiger partial charge in [0.15, 0.2) is 6.61 Å². The summed E-state index contributed by atoms with van der Waals surface area (Å²) in [4.78, 5) is 28.4. The maximum absolute atomic E-state index is 12.6. The number of aromatic amines is 1. The molecule has 0 aliphatic rings. The molecule has 1 aromatic heterocycles. The third kappa shape index (κ3) is 4.61. The van der Waals surface area contributed by atoms with E-state index in [2.05, 4.69) is 4.98 Å². The van der Waals surface area contributed by atoms with Gasteiger partial charge in [-0.25, -0.2) is 0 Å². The molecule has 0 saturated heterocycles. The van der Waals surface area contributed by atoms with E-state index in [4.69, 9.17) is 4.74 Å². The van der Waals surface area contributed by atoms with Crippen molar-refractivity contribution in [3.05, 3.63) is 90.3 Å². The van der Waals surface area contributed by atoms with Gasteiger partial charge in [-0.1, -0.05) is 48.5 Å². The highest BCUT2D eigenvalue weighted by Crippen LogP contribution is 2.36. The molecule has 2 aromatic carbocycles. The molecule has 0 saturated carbocycles. The van der Waals surface area contributed by atoms with Gasteiger partial charge in [0.1, 0.15) is 5.25 Å². The number of Topliss-reactive ketones (excluding diaryl/α,β-unsaturated/α-hetero) is 1. The van der Waals surface area contributed by atoms with Crippen molar-refractivity contribution in [2.45, 2.75) is 10.1 Å². The fourth-order valence-electron chi connectivity index (χ4n) is 2.31. The van der Waals surface area contributed by atoms with E-state index < -0.39 is 11.2 Å². The Morgan fingerprint density at radius 1 is 0.920 bits per heavy atom. The molecule has 0 unspecified atom stereocenters. The second-order valence-corrected chi connectivity index (χ2v) is 6.51. The molecule has 1 N–H and O–H groups in total. The van der Waals surface area contributed by atoms with Gasteiger partial charge in [0, 0.05) is 11.1 Å². The normalized spacial score (nSPS) is 11.7. The number of hydrogen-bond donors (Lipinski definition) is 1. The van der Waals surface area contributed by atoms with Crippen LogP contribution >= 0.6 is 11.8 Å². The molecular weight excluding hydrogens is 334 g/mol. The van der Waals surface area contributed by atoms with Gasteiger partial charge in [-0.2, -0.15) is 0 Å². The van der Waals surface area contributed by atoms with E-state index in [1.807, 2.05) is 60.7 Å². The number of ketones is 1. The molecule has 0 bridgehead atoms. The van der Waals surface area contributed by atoms with Crippen molar-refractivity contribution in [2.75, 3.05) is 6.61 Å². The zero-order valence-corrected chi connectivity index (χ0v) is 14.2. The Kier molecular flexibility index (Phi) is 5.69. The minimum absolute atomic E-state index is 0.255. The number of rotatable bonds is 7. The fraction of sp³-hybridized carbons (Fsp3) is 0.100. The number of carbonyl (C=O) groups is 2. The van der Waals surface area contributed by atoms with Gasteiger partial charge >= 0.3 is 5.97 Å². The summed E-state index contributed by atoms with van der Waals surface area (Å²) in [5, 5.41) is -0.528. The second-order valence-electron chi connectivity index (χ2n) is 5.34. The number of nitrogens with one attached hydrogen (secondary N) is 1.